The van der Waals surface area contributed by atoms with Crippen molar-refractivity contribution >= 4 is 5.97 Å². The maximum absolute atomic E-state index is 10.9. The highest BCUT2D eigenvalue weighted by atomic mass is 16.6. The molecule has 3 heteroatoms. The largest absolute Gasteiger partial charge is 0.430 e. The van der Waals surface area contributed by atoms with Crippen LogP contribution < -0.4 is 0 Å². The van der Waals surface area contributed by atoms with E-state index in [2.05, 4.69) is 20.4 Å². The molecule has 13 heavy (non-hydrogen) atoms. The normalized spacial score (nSPS) is 10.2. The molecule has 0 radical (unpaired) electrons. The second-order valence-corrected chi connectivity index (χ2v) is 3.41. The van der Waals surface area contributed by atoms with Crippen LogP contribution in [0.2, 0.25) is 0 Å². The van der Waals surface area contributed by atoms with E-state index < -0.39 is 0 Å². The summed E-state index contributed by atoms with van der Waals surface area (Å²) in [6.45, 7) is 9.91. The van der Waals surface area contributed by atoms with Crippen LogP contribution in [0.1, 0.15) is 27.2 Å². The van der Waals surface area contributed by atoms with Crippen LogP contribution in [0.3, 0.4) is 0 Å². The van der Waals surface area contributed by atoms with E-state index in [4.69, 9.17) is 9.47 Å². The molecule has 0 unspecified atom stereocenters. The van der Waals surface area contributed by atoms with Crippen molar-refractivity contribution in [3.05, 3.63) is 12.3 Å². The summed E-state index contributed by atoms with van der Waals surface area (Å²) >= 11 is 0. The summed E-state index contributed by atoms with van der Waals surface area (Å²) in [5.74, 6) is 0.617. The van der Waals surface area contributed by atoms with Crippen LogP contribution in [-0.2, 0) is 14.3 Å². The van der Waals surface area contributed by atoms with E-state index in [9.17, 15) is 4.79 Å². The van der Waals surface area contributed by atoms with Crippen LogP contribution in [-0.4, -0.2) is 19.2 Å². The van der Waals surface area contributed by atoms with Crippen molar-refractivity contribution in [3.8, 4) is 0 Å². The minimum Gasteiger partial charge on any atom is -0.430 e. The van der Waals surface area contributed by atoms with Crippen molar-refractivity contribution in [1.82, 2.24) is 0 Å². The maximum atomic E-state index is 10.9. The molecule has 0 spiro atoms. The Morgan fingerprint density at radius 1 is 1.46 bits per heavy atom. The van der Waals surface area contributed by atoms with Crippen molar-refractivity contribution in [2.45, 2.75) is 27.2 Å². The van der Waals surface area contributed by atoms with Crippen molar-refractivity contribution in [3.63, 3.8) is 0 Å². The predicted octanol–water partition coefficient (Wildman–Crippen LogP) is 2.13. The fourth-order valence-electron chi connectivity index (χ4n) is 0.698. The van der Waals surface area contributed by atoms with Crippen molar-refractivity contribution in [2.75, 3.05) is 13.2 Å². The first-order valence-electron chi connectivity index (χ1n) is 4.46. The van der Waals surface area contributed by atoms with Gasteiger partial charge in [-0.05, 0) is 19.3 Å². The molecule has 0 fully saturated rings. The van der Waals surface area contributed by atoms with Gasteiger partial charge in [0.05, 0.1) is 5.76 Å². The zero-order chi connectivity index (χ0) is 10.3. The third-order valence-electron chi connectivity index (χ3n) is 1.35. The zero-order valence-corrected chi connectivity index (χ0v) is 8.63. The minimum absolute atomic E-state index is 0.0135. The number of ether oxygens (including phenoxy) is 2. The molecular formula is C10H18O3. The van der Waals surface area contributed by atoms with Crippen molar-refractivity contribution in [2.24, 2.45) is 5.92 Å². The van der Waals surface area contributed by atoms with Gasteiger partial charge in [0.2, 0.25) is 0 Å². The summed E-state index contributed by atoms with van der Waals surface area (Å²) in [7, 11) is 0. The van der Waals surface area contributed by atoms with Gasteiger partial charge in [-0.3, -0.25) is 0 Å². The number of rotatable bonds is 6. The highest BCUT2D eigenvalue weighted by Gasteiger charge is 2.03. The van der Waals surface area contributed by atoms with Gasteiger partial charge < -0.3 is 9.47 Å². The lowest BCUT2D eigenvalue weighted by atomic mass is 10.1. The molecule has 0 aromatic carbocycles. The molecule has 0 aliphatic rings. The Bertz CT molecular complexity index is 173. The first kappa shape index (κ1) is 12.2. The van der Waals surface area contributed by atoms with Gasteiger partial charge in [0.25, 0.3) is 0 Å². The van der Waals surface area contributed by atoms with Gasteiger partial charge in [0, 0.05) is 6.61 Å². The smallest absolute Gasteiger partial charge is 0.337 e. The molecular weight excluding hydrogens is 168 g/mol. The molecule has 0 bridgehead atoms. The minimum atomic E-state index is -0.378. The van der Waals surface area contributed by atoms with Gasteiger partial charge in [-0.25, -0.2) is 4.79 Å². The second kappa shape index (κ2) is 6.66. The SMILES string of the molecule is C=C(C)OC(=O)COCCC(C)C. The van der Waals surface area contributed by atoms with Crippen LogP contribution in [0.25, 0.3) is 0 Å². The van der Waals surface area contributed by atoms with Gasteiger partial charge in [0.1, 0.15) is 6.61 Å². The Balaban J connectivity index is 3.32. The van der Waals surface area contributed by atoms with Gasteiger partial charge in [0.15, 0.2) is 0 Å². The average Bonchev–Trinajstić information content (AvgIpc) is 1.96. The lowest BCUT2D eigenvalue weighted by molar-refractivity contribution is -0.144. The lowest BCUT2D eigenvalue weighted by Gasteiger charge is -2.06. The van der Waals surface area contributed by atoms with Gasteiger partial charge in [-0.2, -0.15) is 0 Å². The molecule has 0 heterocycles. The molecule has 76 valence electrons. The third-order valence-corrected chi connectivity index (χ3v) is 1.35. The lowest BCUT2D eigenvalue weighted by Crippen LogP contribution is -2.12. The monoisotopic (exact) mass is 186 g/mol. The van der Waals surface area contributed by atoms with E-state index in [1.165, 1.54) is 0 Å². The summed E-state index contributed by atoms with van der Waals surface area (Å²) < 4.78 is 9.79. The molecule has 0 aliphatic heterocycles. The fourth-order valence-corrected chi connectivity index (χ4v) is 0.698. The first-order chi connectivity index (χ1) is 6.02. The van der Waals surface area contributed by atoms with E-state index in [1.807, 2.05) is 0 Å². The van der Waals surface area contributed by atoms with Crippen LogP contribution in [0.5, 0.6) is 0 Å². The summed E-state index contributed by atoms with van der Waals surface area (Å²) in [4.78, 5) is 10.9. The van der Waals surface area contributed by atoms with Crippen molar-refractivity contribution < 1.29 is 14.3 Å². The summed E-state index contributed by atoms with van der Waals surface area (Å²) in [5.41, 5.74) is 0. The summed E-state index contributed by atoms with van der Waals surface area (Å²) in [6, 6.07) is 0. The molecule has 3 nitrogen and oxygen atoms in total. The number of allylic oxidation sites excluding steroid dienone is 1. The number of carbonyl (C=O) groups is 1. The van der Waals surface area contributed by atoms with E-state index in [0.29, 0.717) is 18.3 Å². The van der Waals surface area contributed by atoms with Gasteiger partial charge in [-0.1, -0.05) is 20.4 Å². The molecule has 0 N–H and O–H groups in total. The molecule has 0 aromatic heterocycles. The Hall–Kier alpha value is -0.830. The Morgan fingerprint density at radius 3 is 2.54 bits per heavy atom. The van der Waals surface area contributed by atoms with Crippen LogP contribution in [0, 0.1) is 5.92 Å². The molecule has 0 aromatic rings. The molecule has 0 saturated carbocycles. The topological polar surface area (TPSA) is 35.5 Å². The number of hydrogen-bond donors (Lipinski definition) is 0. The quantitative estimate of drug-likeness (QED) is 0.362. The van der Waals surface area contributed by atoms with E-state index in [0.717, 1.165) is 6.42 Å². The third kappa shape index (κ3) is 9.08. The Labute approximate surface area is 79.7 Å². The first-order valence-corrected chi connectivity index (χ1v) is 4.46. The molecule has 0 rings (SSSR count). The van der Waals surface area contributed by atoms with Gasteiger partial charge in [-0.15, -0.1) is 0 Å². The van der Waals surface area contributed by atoms with Crippen molar-refractivity contribution in [1.29, 1.82) is 0 Å². The van der Waals surface area contributed by atoms with Crippen LogP contribution in [0.15, 0.2) is 12.3 Å². The zero-order valence-electron chi connectivity index (χ0n) is 8.63. The Morgan fingerprint density at radius 2 is 2.08 bits per heavy atom. The molecule has 0 aliphatic carbocycles. The second-order valence-electron chi connectivity index (χ2n) is 3.41. The average molecular weight is 186 g/mol. The summed E-state index contributed by atoms with van der Waals surface area (Å²) in [6.07, 6.45) is 0.959. The number of hydrogen-bond acceptors (Lipinski definition) is 3. The molecule has 0 saturated heterocycles. The standard InChI is InChI=1S/C10H18O3/c1-8(2)5-6-12-7-10(11)13-9(3)4/h8H,3,5-7H2,1-2,4H3. The van der Waals surface area contributed by atoms with E-state index in [1.54, 1.807) is 6.92 Å². The van der Waals surface area contributed by atoms with Gasteiger partial charge >= 0.3 is 5.97 Å². The van der Waals surface area contributed by atoms with E-state index in [-0.39, 0.29) is 12.6 Å². The van der Waals surface area contributed by atoms with E-state index >= 15 is 0 Å². The predicted molar refractivity (Wildman–Crippen MR) is 51.2 cm³/mol. The Kier molecular flexibility index (Phi) is 6.24. The van der Waals surface area contributed by atoms with Crippen LogP contribution >= 0.6 is 0 Å². The number of carbonyl (C=O) groups excluding carboxylic acids is 1. The highest BCUT2D eigenvalue weighted by molar-refractivity contribution is 5.71. The fraction of sp³-hybridized carbons (Fsp3) is 0.700. The van der Waals surface area contributed by atoms with Crippen LogP contribution in [0.4, 0.5) is 0 Å². The highest BCUT2D eigenvalue weighted by Crippen LogP contribution is 1.99. The molecule has 0 amide bonds. The summed E-state index contributed by atoms with van der Waals surface area (Å²) in [5, 5.41) is 0. The maximum Gasteiger partial charge on any atom is 0.337 e. The number of esters is 1. The molecule has 0 atom stereocenters.